The molecule has 1 aromatic carbocycles. The Morgan fingerprint density at radius 1 is 1.26 bits per heavy atom. The maximum atomic E-state index is 11.1. The fourth-order valence-corrected chi connectivity index (χ4v) is 1.50. The molecule has 1 aromatic rings. The molecule has 1 N–H and O–H groups in total. The van der Waals surface area contributed by atoms with Gasteiger partial charge in [-0.15, -0.1) is 0 Å². The van der Waals surface area contributed by atoms with Crippen LogP contribution in [0.25, 0.3) is 0 Å². The minimum absolute atomic E-state index is 0.167. The van der Waals surface area contributed by atoms with E-state index in [0.29, 0.717) is 13.0 Å². The Morgan fingerprint density at radius 3 is 2.42 bits per heavy atom. The van der Waals surface area contributed by atoms with Crippen LogP contribution in [0.15, 0.2) is 24.3 Å². The Bertz CT molecular complexity index is 398. The molecule has 0 heterocycles. The molecule has 0 spiro atoms. The van der Waals surface area contributed by atoms with Gasteiger partial charge >= 0.3 is 5.97 Å². The van der Waals surface area contributed by atoms with Crippen molar-refractivity contribution in [3.63, 3.8) is 0 Å². The lowest BCUT2D eigenvalue weighted by atomic mass is 10.1. The third-order valence-electron chi connectivity index (χ3n) is 2.81. The van der Waals surface area contributed by atoms with Gasteiger partial charge < -0.3 is 14.8 Å². The van der Waals surface area contributed by atoms with Gasteiger partial charge in [-0.1, -0.05) is 19.1 Å². The topological polar surface area (TPSA) is 47.6 Å². The number of benzene rings is 1. The predicted octanol–water partition coefficient (Wildman–Crippen LogP) is 2.52. The zero-order chi connectivity index (χ0) is 14.3. The summed E-state index contributed by atoms with van der Waals surface area (Å²) in [6.45, 7) is 6.91. The highest BCUT2D eigenvalue weighted by atomic mass is 16.5. The second-order valence-corrected chi connectivity index (χ2v) is 5.10. The number of carbonyl (C=O) groups excluding carboxylic acids is 1. The van der Waals surface area contributed by atoms with Gasteiger partial charge in [-0.05, 0) is 31.5 Å². The van der Waals surface area contributed by atoms with E-state index in [2.05, 4.69) is 5.32 Å². The Kier molecular flexibility index (Phi) is 5.83. The number of methoxy groups -OCH3 is 1. The second-order valence-electron chi connectivity index (χ2n) is 5.10. The van der Waals surface area contributed by atoms with Crippen LogP contribution >= 0.6 is 0 Å². The number of hydrogen-bond donors (Lipinski definition) is 1. The molecule has 1 rings (SSSR count). The van der Waals surface area contributed by atoms with Crippen LogP contribution in [0.4, 0.5) is 0 Å². The van der Waals surface area contributed by atoms with Crippen molar-refractivity contribution in [2.75, 3.05) is 13.7 Å². The second kappa shape index (κ2) is 7.14. The predicted molar refractivity (Wildman–Crippen MR) is 75.2 cm³/mol. The minimum Gasteiger partial charge on any atom is -0.497 e. The van der Waals surface area contributed by atoms with Crippen molar-refractivity contribution in [3.05, 3.63) is 29.8 Å². The van der Waals surface area contributed by atoms with E-state index >= 15 is 0 Å². The van der Waals surface area contributed by atoms with Crippen molar-refractivity contribution in [3.8, 4) is 5.75 Å². The van der Waals surface area contributed by atoms with Crippen molar-refractivity contribution in [1.82, 2.24) is 5.32 Å². The molecule has 0 saturated carbocycles. The van der Waals surface area contributed by atoms with Gasteiger partial charge in [0.15, 0.2) is 0 Å². The lowest BCUT2D eigenvalue weighted by Gasteiger charge is -2.26. The van der Waals surface area contributed by atoms with Crippen molar-refractivity contribution in [1.29, 1.82) is 0 Å². The summed E-state index contributed by atoms with van der Waals surface area (Å²) >= 11 is 0. The summed E-state index contributed by atoms with van der Waals surface area (Å²) in [4.78, 5) is 11.1. The lowest BCUT2D eigenvalue weighted by Crippen LogP contribution is -2.43. The molecule has 0 radical (unpaired) electrons. The molecule has 0 unspecified atom stereocenters. The van der Waals surface area contributed by atoms with Crippen molar-refractivity contribution in [2.24, 2.45) is 0 Å². The summed E-state index contributed by atoms with van der Waals surface area (Å²) in [5, 5.41) is 3.37. The van der Waals surface area contributed by atoms with Crippen LogP contribution in [0.1, 0.15) is 32.8 Å². The fraction of sp³-hybridized carbons (Fsp3) is 0.533. The van der Waals surface area contributed by atoms with Crippen LogP contribution in [-0.4, -0.2) is 25.2 Å². The standard InChI is InChI=1S/C15H23NO3/c1-5-14(17)19-11-15(2,3)16-10-12-6-8-13(18-4)9-7-12/h6-9,16H,5,10-11H2,1-4H3. The molecule has 4 nitrogen and oxygen atoms in total. The third kappa shape index (κ3) is 5.75. The van der Waals surface area contributed by atoms with Gasteiger partial charge in [0, 0.05) is 18.5 Å². The van der Waals surface area contributed by atoms with E-state index in [1.165, 1.54) is 0 Å². The van der Waals surface area contributed by atoms with E-state index in [0.717, 1.165) is 17.9 Å². The first-order valence-electron chi connectivity index (χ1n) is 6.50. The lowest BCUT2D eigenvalue weighted by molar-refractivity contribution is -0.145. The molecule has 0 aliphatic carbocycles. The summed E-state index contributed by atoms with van der Waals surface area (Å²) < 4.78 is 10.3. The van der Waals surface area contributed by atoms with Crippen molar-refractivity contribution >= 4 is 5.97 Å². The summed E-state index contributed by atoms with van der Waals surface area (Å²) in [5.41, 5.74) is 0.917. The normalized spacial score (nSPS) is 11.2. The van der Waals surface area contributed by atoms with Gasteiger partial charge in [0.05, 0.1) is 7.11 Å². The molecule has 4 heteroatoms. The van der Waals surface area contributed by atoms with Gasteiger partial charge in [-0.2, -0.15) is 0 Å². The highest BCUT2D eigenvalue weighted by Gasteiger charge is 2.19. The summed E-state index contributed by atoms with van der Waals surface area (Å²) in [6, 6.07) is 7.89. The molecule has 0 atom stereocenters. The molecule has 0 aliphatic rings. The Morgan fingerprint density at radius 2 is 1.89 bits per heavy atom. The first-order valence-corrected chi connectivity index (χ1v) is 6.50. The molecular formula is C15H23NO3. The Balaban J connectivity index is 2.42. The van der Waals surface area contributed by atoms with Crippen LogP contribution in [0.3, 0.4) is 0 Å². The van der Waals surface area contributed by atoms with Crippen molar-refractivity contribution < 1.29 is 14.3 Å². The largest absolute Gasteiger partial charge is 0.497 e. The number of rotatable bonds is 7. The Hall–Kier alpha value is -1.55. The van der Waals surface area contributed by atoms with Gasteiger partial charge in [-0.25, -0.2) is 0 Å². The number of carbonyl (C=O) groups is 1. The number of ether oxygens (including phenoxy) is 2. The molecule has 0 bridgehead atoms. The molecule has 106 valence electrons. The highest BCUT2D eigenvalue weighted by Crippen LogP contribution is 2.12. The molecular weight excluding hydrogens is 242 g/mol. The van der Waals surface area contributed by atoms with E-state index in [-0.39, 0.29) is 11.5 Å². The maximum Gasteiger partial charge on any atom is 0.305 e. The highest BCUT2D eigenvalue weighted by molar-refractivity contribution is 5.68. The summed E-state index contributed by atoms with van der Waals surface area (Å²) in [7, 11) is 1.65. The van der Waals surface area contributed by atoms with Crippen LogP contribution < -0.4 is 10.1 Å². The van der Waals surface area contributed by atoms with Gasteiger partial charge in [0.25, 0.3) is 0 Å². The van der Waals surface area contributed by atoms with E-state index in [1.54, 1.807) is 14.0 Å². The average molecular weight is 265 g/mol. The molecule has 0 fully saturated rings. The summed E-state index contributed by atoms with van der Waals surface area (Å²) in [6.07, 6.45) is 0.411. The smallest absolute Gasteiger partial charge is 0.305 e. The third-order valence-corrected chi connectivity index (χ3v) is 2.81. The number of nitrogens with one attached hydrogen (secondary N) is 1. The van der Waals surface area contributed by atoms with E-state index in [9.17, 15) is 4.79 Å². The van der Waals surface area contributed by atoms with E-state index in [1.807, 2.05) is 38.1 Å². The van der Waals surface area contributed by atoms with Crippen molar-refractivity contribution in [2.45, 2.75) is 39.3 Å². The van der Waals surface area contributed by atoms with Crippen LogP contribution in [0.2, 0.25) is 0 Å². The maximum absolute atomic E-state index is 11.1. The van der Waals surface area contributed by atoms with Crippen LogP contribution in [0, 0.1) is 0 Å². The quantitative estimate of drug-likeness (QED) is 0.770. The number of esters is 1. The zero-order valence-corrected chi connectivity index (χ0v) is 12.2. The van der Waals surface area contributed by atoms with Gasteiger partial charge in [0.2, 0.25) is 0 Å². The molecule has 19 heavy (non-hydrogen) atoms. The first-order chi connectivity index (χ1) is 8.96. The minimum atomic E-state index is -0.245. The van der Waals surface area contributed by atoms with E-state index < -0.39 is 0 Å². The average Bonchev–Trinajstić information content (AvgIpc) is 2.43. The SMILES string of the molecule is CCC(=O)OCC(C)(C)NCc1ccc(OC)cc1. The van der Waals surface area contributed by atoms with Crippen LogP contribution in [0.5, 0.6) is 5.75 Å². The van der Waals surface area contributed by atoms with Crippen LogP contribution in [-0.2, 0) is 16.1 Å². The first kappa shape index (κ1) is 15.5. The fourth-order valence-electron chi connectivity index (χ4n) is 1.50. The summed E-state index contributed by atoms with van der Waals surface area (Å²) in [5.74, 6) is 0.680. The molecule has 0 amide bonds. The van der Waals surface area contributed by atoms with E-state index in [4.69, 9.17) is 9.47 Å². The molecule has 0 aromatic heterocycles. The molecule has 0 aliphatic heterocycles. The number of hydrogen-bond acceptors (Lipinski definition) is 4. The Labute approximate surface area is 115 Å². The van der Waals surface area contributed by atoms with Gasteiger partial charge in [0.1, 0.15) is 12.4 Å². The monoisotopic (exact) mass is 265 g/mol. The molecule has 0 saturated heterocycles. The van der Waals surface area contributed by atoms with Gasteiger partial charge in [-0.3, -0.25) is 4.79 Å². The zero-order valence-electron chi connectivity index (χ0n) is 12.2.